The van der Waals surface area contributed by atoms with E-state index in [4.69, 9.17) is 9.47 Å². The Hall–Kier alpha value is -4.08. The van der Waals surface area contributed by atoms with Gasteiger partial charge in [-0.3, -0.25) is 19.2 Å². The summed E-state index contributed by atoms with van der Waals surface area (Å²) in [6.45, 7) is 11.0. The van der Waals surface area contributed by atoms with Gasteiger partial charge in [0.2, 0.25) is 17.7 Å². The molecule has 2 atom stereocenters. The molecule has 0 unspecified atom stereocenters. The van der Waals surface area contributed by atoms with Crippen molar-refractivity contribution in [2.45, 2.75) is 71.9 Å². The van der Waals surface area contributed by atoms with Crippen molar-refractivity contribution >= 4 is 23.6 Å². The lowest BCUT2D eigenvalue weighted by molar-refractivity contribution is -0.136. The minimum Gasteiger partial charge on any atom is -0.491 e. The zero-order valence-corrected chi connectivity index (χ0v) is 26.2. The molecule has 0 aromatic heterocycles. The summed E-state index contributed by atoms with van der Waals surface area (Å²) in [5, 5.41) is 8.46. The van der Waals surface area contributed by atoms with Crippen LogP contribution in [0, 0.1) is 12.8 Å². The highest BCUT2D eigenvalue weighted by Gasteiger charge is 2.28. The van der Waals surface area contributed by atoms with E-state index in [9.17, 15) is 19.2 Å². The molecule has 0 fully saturated rings. The lowest BCUT2D eigenvalue weighted by Gasteiger charge is -2.26. The Morgan fingerprint density at radius 1 is 1.09 bits per heavy atom. The number of carbonyl (C=O) groups excluding carboxylic acids is 4. The Morgan fingerprint density at radius 2 is 1.84 bits per heavy atom. The second kappa shape index (κ2) is 16.0. The normalized spacial score (nSPS) is 18.6. The number of para-hydroxylation sites is 1. The number of aryl methyl sites for hydroxylation is 1. The molecule has 4 amide bonds. The van der Waals surface area contributed by atoms with Crippen LogP contribution in [0.15, 0.2) is 42.5 Å². The van der Waals surface area contributed by atoms with Gasteiger partial charge in [0.1, 0.15) is 36.8 Å². The van der Waals surface area contributed by atoms with Crippen molar-refractivity contribution in [3.05, 3.63) is 59.2 Å². The number of likely N-dealkylation sites (N-methyl/N-ethyl adjacent to an activating group) is 1. The third kappa shape index (κ3) is 10.0. The second-order valence-electron chi connectivity index (χ2n) is 11.8. The molecular formula is C33H46N4O6. The number of carbonyl (C=O) groups is 4. The summed E-state index contributed by atoms with van der Waals surface area (Å²) in [6, 6.07) is 11.1. The van der Waals surface area contributed by atoms with Gasteiger partial charge in [0.05, 0.1) is 18.7 Å². The Labute approximate surface area is 254 Å². The van der Waals surface area contributed by atoms with Crippen molar-refractivity contribution in [2.24, 2.45) is 5.92 Å². The third-order valence-electron chi connectivity index (χ3n) is 7.26. The first-order valence-corrected chi connectivity index (χ1v) is 15.0. The fourth-order valence-corrected chi connectivity index (χ4v) is 4.89. The predicted molar refractivity (Wildman–Crippen MR) is 165 cm³/mol. The van der Waals surface area contributed by atoms with E-state index in [0.29, 0.717) is 12.2 Å². The van der Waals surface area contributed by atoms with Crippen LogP contribution in [0.4, 0.5) is 0 Å². The van der Waals surface area contributed by atoms with Crippen LogP contribution >= 0.6 is 0 Å². The molecule has 1 aliphatic rings. The van der Waals surface area contributed by atoms with Gasteiger partial charge in [-0.2, -0.15) is 0 Å². The van der Waals surface area contributed by atoms with E-state index < -0.39 is 23.9 Å². The number of ether oxygens (including phenoxy) is 2. The van der Waals surface area contributed by atoms with Crippen LogP contribution in [0.2, 0.25) is 0 Å². The van der Waals surface area contributed by atoms with Crippen molar-refractivity contribution < 1.29 is 28.7 Å². The Balaban J connectivity index is 1.75. The minimum absolute atomic E-state index is 0.0428. The van der Waals surface area contributed by atoms with Crippen LogP contribution in [-0.4, -0.2) is 74.0 Å². The molecular weight excluding hydrogens is 548 g/mol. The molecule has 2 aromatic carbocycles. The summed E-state index contributed by atoms with van der Waals surface area (Å²) in [4.78, 5) is 54.3. The topological polar surface area (TPSA) is 126 Å². The molecule has 2 aromatic rings. The molecule has 1 aliphatic heterocycles. The van der Waals surface area contributed by atoms with Gasteiger partial charge in [-0.1, -0.05) is 52.0 Å². The monoisotopic (exact) mass is 594 g/mol. The largest absolute Gasteiger partial charge is 0.491 e. The molecule has 3 rings (SSSR count). The van der Waals surface area contributed by atoms with Gasteiger partial charge < -0.3 is 30.3 Å². The lowest BCUT2D eigenvalue weighted by Crippen LogP contribution is -2.50. The Morgan fingerprint density at radius 3 is 2.56 bits per heavy atom. The maximum Gasteiger partial charge on any atom is 0.255 e. The van der Waals surface area contributed by atoms with Crippen molar-refractivity contribution in [1.29, 1.82) is 0 Å². The van der Waals surface area contributed by atoms with Crippen LogP contribution in [0.5, 0.6) is 11.5 Å². The van der Waals surface area contributed by atoms with Gasteiger partial charge in [-0.25, -0.2) is 0 Å². The number of rotatable bonds is 8. The number of nitrogens with zero attached hydrogens (tertiary/aromatic N) is 1. The molecule has 0 saturated heterocycles. The van der Waals surface area contributed by atoms with Gasteiger partial charge in [0.15, 0.2) is 0 Å². The zero-order valence-electron chi connectivity index (χ0n) is 26.2. The number of benzene rings is 2. The molecule has 10 heteroatoms. The molecule has 234 valence electrons. The van der Waals surface area contributed by atoms with Gasteiger partial charge in [-0.05, 0) is 60.9 Å². The summed E-state index contributed by atoms with van der Waals surface area (Å²) >= 11 is 0. The van der Waals surface area contributed by atoms with Gasteiger partial charge >= 0.3 is 0 Å². The summed E-state index contributed by atoms with van der Waals surface area (Å²) in [5.74, 6) is 0.0568. The number of hydrogen-bond donors (Lipinski definition) is 3. The van der Waals surface area contributed by atoms with Crippen LogP contribution < -0.4 is 25.4 Å². The van der Waals surface area contributed by atoms with E-state index in [-0.39, 0.29) is 68.4 Å². The van der Waals surface area contributed by atoms with E-state index in [0.717, 1.165) is 16.9 Å². The number of hydrogen-bond acceptors (Lipinski definition) is 6. The van der Waals surface area contributed by atoms with Gasteiger partial charge in [0.25, 0.3) is 5.91 Å². The van der Waals surface area contributed by atoms with Crippen LogP contribution in [0.3, 0.4) is 0 Å². The molecule has 3 N–H and O–H groups in total. The van der Waals surface area contributed by atoms with Gasteiger partial charge in [-0.15, -0.1) is 0 Å². The molecule has 1 heterocycles. The molecule has 0 spiro atoms. The molecule has 0 saturated carbocycles. The van der Waals surface area contributed by atoms with E-state index in [1.165, 1.54) is 4.90 Å². The average molecular weight is 595 g/mol. The molecule has 0 radical (unpaired) electrons. The highest BCUT2D eigenvalue weighted by molar-refractivity contribution is 5.99. The van der Waals surface area contributed by atoms with Crippen LogP contribution in [-0.2, 0) is 14.4 Å². The molecule has 0 bridgehead atoms. The van der Waals surface area contributed by atoms with Crippen molar-refractivity contribution in [3.63, 3.8) is 0 Å². The lowest BCUT2D eigenvalue weighted by atomic mass is 10.0. The van der Waals surface area contributed by atoms with Crippen LogP contribution in [0.1, 0.15) is 74.4 Å². The fourth-order valence-electron chi connectivity index (χ4n) is 4.89. The molecule has 0 aliphatic carbocycles. The van der Waals surface area contributed by atoms with Crippen molar-refractivity contribution in [3.8, 4) is 11.5 Å². The summed E-state index contributed by atoms with van der Waals surface area (Å²) in [6.07, 6.45) is 0.458. The van der Waals surface area contributed by atoms with Crippen molar-refractivity contribution in [1.82, 2.24) is 20.9 Å². The molecule has 43 heavy (non-hydrogen) atoms. The quantitative estimate of drug-likeness (QED) is 0.401. The van der Waals surface area contributed by atoms with E-state index >= 15 is 0 Å². The standard InChI is InChI=1S/C33H46N4O6/c1-21(2)19-27-33(41)37(6)16-18-43-28-10-8-7-9-25(28)31(39)36-26(13-14-30(38)35-27)32(40)34-15-17-42-29-20-23(5)11-12-24(29)22(3)4/h7-12,20-22,26-27H,13-19H2,1-6H3,(H,34,40)(H,35,38)(H,36,39)/t26-,27+/m0/s1. The fraction of sp³-hybridized carbons (Fsp3) is 0.515. The first kappa shape index (κ1) is 33.4. The third-order valence-corrected chi connectivity index (χ3v) is 7.26. The zero-order chi connectivity index (χ0) is 31.5. The highest BCUT2D eigenvalue weighted by atomic mass is 16.5. The first-order chi connectivity index (χ1) is 20.5. The smallest absolute Gasteiger partial charge is 0.255 e. The van der Waals surface area contributed by atoms with Gasteiger partial charge in [0, 0.05) is 13.5 Å². The highest BCUT2D eigenvalue weighted by Crippen LogP contribution is 2.27. The Kier molecular flexibility index (Phi) is 12.4. The number of fused-ring (bicyclic) bond motifs is 1. The summed E-state index contributed by atoms with van der Waals surface area (Å²) in [5.41, 5.74) is 2.42. The van der Waals surface area contributed by atoms with Crippen molar-refractivity contribution in [2.75, 3.05) is 33.4 Å². The first-order valence-electron chi connectivity index (χ1n) is 15.0. The maximum absolute atomic E-state index is 13.3. The summed E-state index contributed by atoms with van der Waals surface area (Å²) in [7, 11) is 1.66. The predicted octanol–water partition coefficient (Wildman–Crippen LogP) is 3.57. The van der Waals surface area contributed by atoms with E-state index in [1.54, 1.807) is 31.3 Å². The Bertz CT molecular complexity index is 1280. The SMILES string of the molecule is Cc1ccc(C(C)C)c(OCCNC(=O)[C@@H]2CCC(=O)N[C@H](CC(C)C)C(=O)N(C)CCOc3ccccc3C(=O)N2)c1. The second-order valence-corrected chi connectivity index (χ2v) is 11.8. The maximum atomic E-state index is 13.3. The van der Waals surface area contributed by atoms with E-state index in [1.807, 2.05) is 39.0 Å². The van der Waals surface area contributed by atoms with E-state index in [2.05, 4.69) is 29.8 Å². The average Bonchev–Trinajstić information content (AvgIpc) is 2.96. The number of amides is 4. The summed E-state index contributed by atoms with van der Waals surface area (Å²) < 4.78 is 11.9. The molecule has 10 nitrogen and oxygen atoms in total. The minimum atomic E-state index is -0.997. The van der Waals surface area contributed by atoms with Crippen LogP contribution in [0.25, 0.3) is 0 Å². The number of nitrogens with one attached hydrogen (secondary N) is 3.